The van der Waals surface area contributed by atoms with Crippen LogP contribution in [0.4, 0.5) is 0 Å². The lowest BCUT2D eigenvalue weighted by molar-refractivity contribution is -0.205. The summed E-state index contributed by atoms with van der Waals surface area (Å²) in [6.45, 7) is 1.54. The number of carbonyl (C=O) groups excluding carboxylic acids is 1. The van der Waals surface area contributed by atoms with E-state index >= 15 is 0 Å². The molecule has 0 radical (unpaired) electrons. The van der Waals surface area contributed by atoms with E-state index in [1.807, 2.05) is 6.92 Å². The molecule has 0 aromatic rings. The summed E-state index contributed by atoms with van der Waals surface area (Å²) in [6, 6.07) is -1.74. The highest BCUT2D eigenvalue weighted by molar-refractivity contribution is 7.99. The maximum absolute atomic E-state index is 13.1. The Bertz CT molecular complexity index is 591. The molecule has 2 aliphatic rings. The minimum absolute atomic E-state index is 0. The maximum atomic E-state index is 13.1. The van der Waals surface area contributed by atoms with Crippen molar-refractivity contribution >= 4 is 41.7 Å². The summed E-state index contributed by atoms with van der Waals surface area (Å²) >= 11 is 7.46. The quantitative estimate of drug-likeness (QED) is 0.414. The summed E-state index contributed by atoms with van der Waals surface area (Å²) in [6.07, 6.45) is -1.45. The van der Waals surface area contributed by atoms with E-state index < -0.39 is 60.2 Å². The van der Waals surface area contributed by atoms with E-state index in [-0.39, 0.29) is 18.3 Å². The van der Waals surface area contributed by atoms with E-state index in [0.717, 1.165) is 24.6 Å². The molecule has 2 heterocycles. The van der Waals surface area contributed by atoms with Gasteiger partial charge in [-0.05, 0) is 38.9 Å². The van der Waals surface area contributed by atoms with Gasteiger partial charge in [-0.3, -0.25) is 9.69 Å². The third kappa shape index (κ3) is 5.88. The monoisotopic (exact) mass is 463 g/mol. The SMILES string of the molecule is Cl.[2H]C([2H])([2H])N1CC(CCC)C[C@H]1C(=O)NC(C(C)Cl)C1O[C@H](SC)[C@@H](O)[C@H](O)[C@H]1O. The summed E-state index contributed by atoms with van der Waals surface area (Å²) in [4.78, 5) is 14.3. The van der Waals surface area contributed by atoms with Crippen molar-refractivity contribution in [1.82, 2.24) is 10.2 Å². The number of carbonyl (C=O) groups is 1. The van der Waals surface area contributed by atoms with E-state index in [0.29, 0.717) is 13.0 Å². The number of ether oxygens (including phenoxy) is 1. The number of aliphatic hydroxyl groups is 3. The lowest BCUT2D eigenvalue weighted by Gasteiger charge is -2.44. The van der Waals surface area contributed by atoms with Gasteiger partial charge in [-0.25, -0.2) is 0 Å². The van der Waals surface area contributed by atoms with Crippen LogP contribution in [0.15, 0.2) is 0 Å². The molecule has 0 aliphatic carbocycles. The lowest BCUT2D eigenvalue weighted by Crippen LogP contribution is -2.65. The molecule has 4 N–H and O–H groups in total. The number of aliphatic hydroxyl groups excluding tert-OH is 3. The number of rotatable bonds is 7. The molecule has 9 atom stereocenters. The number of likely N-dealkylation sites (N-methyl/N-ethyl adjacent to an activating group) is 1. The Morgan fingerprint density at radius 3 is 2.61 bits per heavy atom. The normalized spacial score (nSPS) is 40.5. The van der Waals surface area contributed by atoms with Crippen molar-refractivity contribution < 1.29 is 29.0 Å². The lowest BCUT2D eigenvalue weighted by atomic mass is 9.92. The van der Waals surface area contributed by atoms with E-state index in [1.165, 1.54) is 4.90 Å². The Labute approximate surface area is 187 Å². The van der Waals surface area contributed by atoms with E-state index in [4.69, 9.17) is 20.5 Å². The molecule has 2 fully saturated rings. The molecule has 2 saturated heterocycles. The fourth-order valence-corrected chi connectivity index (χ4v) is 4.76. The van der Waals surface area contributed by atoms with Crippen molar-refractivity contribution in [3.05, 3.63) is 0 Å². The summed E-state index contributed by atoms with van der Waals surface area (Å²) in [5.74, 6) is -0.397. The zero-order valence-corrected chi connectivity index (χ0v) is 18.7. The van der Waals surface area contributed by atoms with Crippen molar-refractivity contribution in [2.75, 3.05) is 19.8 Å². The van der Waals surface area contributed by atoms with Crippen molar-refractivity contribution in [1.29, 1.82) is 0 Å². The molecule has 166 valence electrons. The molecular weight excluding hydrogens is 427 g/mol. The van der Waals surface area contributed by atoms with Crippen LogP contribution in [-0.2, 0) is 9.53 Å². The highest BCUT2D eigenvalue weighted by atomic mass is 35.5. The summed E-state index contributed by atoms with van der Waals surface area (Å²) in [5.41, 5.74) is -0.803. The highest BCUT2D eigenvalue weighted by Crippen LogP contribution is 2.31. The smallest absolute Gasteiger partial charge is 0.237 e. The second kappa shape index (κ2) is 11.6. The standard InChI is InChI=1S/C18H33ClN2O5S.ClH/c1-5-6-10-7-11(21(3)8-10)17(25)20-12(9(2)19)16-14(23)13(22)15(24)18(26-16)27-4;/h9-16,18,22-24H,5-8H2,1-4H3,(H,20,25);1H/t9?,10?,11-,12?,13+,14+,15-,16?,18+;/m0./s1/i3D3;. The van der Waals surface area contributed by atoms with Gasteiger partial charge in [0.2, 0.25) is 5.91 Å². The van der Waals surface area contributed by atoms with Crippen molar-refractivity contribution in [3.8, 4) is 0 Å². The first-order valence-electron chi connectivity index (χ1n) is 10.9. The molecule has 4 unspecified atom stereocenters. The second-order valence-corrected chi connectivity index (χ2v) is 9.07. The predicted octanol–water partition coefficient (Wildman–Crippen LogP) is 0.811. The van der Waals surface area contributed by atoms with Crippen LogP contribution in [0.3, 0.4) is 0 Å². The summed E-state index contributed by atoms with van der Waals surface area (Å²) in [5, 5.41) is 32.8. The predicted molar refractivity (Wildman–Crippen MR) is 114 cm³/mol. The minimum Gasteiger partial charge on any atom is -0.388 e. The average Bonchev–Trinajstić information content (AvgIpc) is 3.09. The number of hydrogen-bond acceptors (Lipinski definition) is 7. The van der Waals surface area contributed by atoms with Gasteiger partial charge in [0.25, 0.3) is 0 Å². The number of nitrogens with zero attached hydrogens (tertiary/aromatic N) is 1. The molecule has 2 aliphatic heterocycles. The zero-order chi connectivity index (χ0) is 22.8. The number of halogens is 2. The molecule has 0 spiro atoms. The number of hydrogen-bond donors (Lipinski definition) is 4. The van der Waals surface area contributed by atoms with E-state index in [1.54, 1.807) is 13.2 Å². The fraction of sp³-hybridized carbons (Fsp3) is 0.944. The molecule has 7 nitrogen and oxygen atoms in total. The first kappa shape index (κ1) is 21.4. The Kier molecular flexibility index (Phi) is 8.84. The largest absolute Gasteiger partial charge is 0.388 e. The van der Waals surface area contributed by atoms with Gasteiger partial charge in [0, 0.05) is 10.7 Å². The molecule has 0 aromatic heterocycles. The molecule has 0 saturated carbocycles. The number of amides is 1. The number of alkyl halides is 1. The second-order valence-electron chi connectivity index (χ2n) is 7.45. The van der Waals surface area contributed by atoms with Gasteiger partial charge in [0.1, 0.15) is 29.9 Å². The molecule has 1 amide bonds. The van der Waals surface area contributed by atoms with Crippen LogP contribution in [0.1, 0.15) is 37.2 Å². The minimum atomic E-state index is -2.41. The Morgan fingerprint density at radius 2 is 2.07 bits per heavy atom. The maximum Gasteiger partial charge on any atom is 0.237 e. The van der Waals surface area contributed by atoms with Crippen LogP contribution in [0.2, 0.25) is 0 Å². The van der Waals surface area contributed by atoms with Crippen LogP contribution >= 0.6 is 35.8 Å². The van der Waals surface area contributed by atoms with Crippen LogP contribution in [-0.4, -0.2) is 93.2 Å². The number of nitrogens with one attached hydrogen (secondary N) is 1. The van der Waals surface area contributed by atoms with Crippen LogP contribution in [0, 0.1) is 5.92 Å². The Balaban J connectivity index is 0.00000480. The van der Waals surface area contributed by atoms with E-state index in [9.17, 15) is 20.1 Å². The van der Waals surface area contributed by atoms with Gasteiger partial charge in [0.15, 0.2) is 0 Å². The van der Waals surface area contributed by atoms with Gasteiger partial charge in [-0.1, -0.05) is 13.3 Å². The van der Waals surface area contributed by atoms with Crippen LogP contribution in [0.25, 0.3) is 0 Å². The molecule has 10 heteroatoms. The molecule has 2 rings (SSSR count). The Hall–Kier alpha value is 0.200. The van der Waals surface area contributed by atoms with Crippen LogP contribution in [0.5, 0.6) is 0 Å². The molecule has 0 aromatic carbocycles. The topological polar surface area (TPSA) is 102 Å². The highest BCUT2D eigenvalue weighted by Gasteiger charge is 2.48. The third-order valence-electron chi connectivity index (χ3n) is 5.38. The van der Waals surface area contributed by atoms with Gasteiger partial charge in [-0.15, -0.1) is 35.8 Å². The third-order valence-corrected chi connectivity index (χ3v) is 6.51. The molecule has 28 heavy (non-hydrogen) atoms. The van der Waals surface area contributed by atoms with Gasteiger partial charge in [0.05, 0.1) is 17.5 Å². The number of thioether (sulfide) groups is 1. The van der Waals surface area contributed by atoms with Crippen molar-refractivity contribution in [2.45, 2.75) is 80.4 Å². The zero-order valence-electron chi connectivity index (χ0n) is 19.3. The van der Waals surface area contributed by atoms with Gasteiger partial charge >= 0.3 is 0 Å². The fourth-order valence-electron chi connectivity index (χ4n) is 3.87. The molecule has 0 bridgehead atoms. The first-order chi connectivity index (χ1) is 13.9. The summed E-state index contributed by atoms with van der Waals surface area (Å²) < 4.78 is 29.1. The first-order valence-corrected chi connectivity index (χ1v) is 11.1. The van der Waals surface area contributed by atoms with Crippen molar-refractivity contribution in [2.24, 2.45) is 5.92 Å². The average molecular weight is 464 g/mol. The Morgan fingerprint density at radius 1 is 1.39 bits per heavy atom. The van der Waals surface area contributed by atoms with Crippen molar-refractivity contribution in [3.63, 3.8) is 0 Å². The molecular formula is C18H34Cl2N2O5S. The summed E-state index contributed by atoms with van der Waals surface area (Å²) in [7, 11) is 0. The van der Waals surface area contributed by atoms with E-state index in [2.05, 4.69) is 5.32 Å². The van der Waals surface area contributed by atoms with Crippen LogP contribution < -0.4 is 5.32 Å². The number of likely N-dealkylation sites (tertiary alicyclic amines) is 1. The van der Waals surface area contributed by atoms with Gasteiger partial charge < -0.3 is 25.4 Å². The van der Waals surface area contributed by atoms with Gasteiger partial charge in [-0.2, -0.15) is 0 Å².